The molecule has 1 aliphatic rings. The van der Waals surface area contributed by atoms with Gasteiger partial charge in [-0.2, -0.15) is 0 Å². The van der Waals surface area contributed by atoms with Crippen LogP contribution in [0.2, 0.25) is 5.02 Å². The summed E-state index contributed by atoms with van der Waals surface area (Å²) in [7, 11) is 2.13. The van der Waals surface area contributed by atoms with E-state index < -0.39 is 0 Å². The molecule has 0 aliphatic carbocycles. The van der Waals surface area contributed by atoms with E-state index in [1.165, 1.54) is 6.07 Å². The molecule has 0 atom stereocenters. The lowest BCUT2D eigenvalue weighted by Crippen LogP contribution is -2.28. The Balaban J connectivity index is 0.00000342. The third kappa shape index (κ3) is 6.66. The number of amides is 2. The number of hydrogen-bond acceptors (Lipinski definition) is 5. The fraction of sp³-hybridized carbons (Fsp3) is 0.231. The quantitative estimate of drug-likeness (QED) is 0.411. The van der Waals surface area contributed by atoms with Crippen molar-refractivity contribution in [1.82, 2.24) is 4.90 Å². The summed E-state index contributed by atoms with van der Waals surface area (Å²) in [4.78, 5) is 30.2. The minimum Gasteiger partial charge on any atom is -0.506 e. The van der Waals surface area contributed by atoms with Crippen LogP contribution in [0.5, 0.6) is 5.75 Å². The van der Waals surface area contributed by atoms with E-state index in [0.29, 0.717) is 21.8 Å². The third-order valence-corrected chi connectivity index (χ3v) is 6.10. The lowest BCUT2D eigenvalue weighted by molar-refractivity contribution is 0.101. The first-order valence-corrected chi connectivity index (χ1v) is 11.5. The Morgan fingerprint density at radius 2 is 1.46 bits per heavy atom. The molecule has 3 N–H and O–H groups in total. The van der Waals surface area contributed by atoms with Crippen molar-refractivity contribution < 1.29 is 14.7 Å². The summed E-state index contributed by atoms with van der Waals surface area (Å²) < 4.78 is 0. The van der Waals surface area contributed by atoms with Crippen molar-refractivity contribution in [1.29, 1.82) is 0 Å². The number of phenolic OH excluding ortho intramolecular Hbond substituents is 1. The van der Waals surface area contributed by atoms with Gasteiger partial charge in [-0.1, -0.05) is 17.7 Å². The van der Waals surface area contributed by atoms with Crippen LogP contribution >= 0.6 is 24.0 Å². The van der Waals surface area contributed by atoms with Crippen molar-refractivity contribution in [2.24, 2.45) is 0 Å². The Morgan fingerprint density at radius 1 is 0.829 bits per heavy atom. The van der Waals surface area contributed by atoms with Crippen LogP contribution in [-0.4, -0.2) is 55.0 Å². The summed E-state index contributed by atoms with van der Waals surface area (Å²) in [6.45, 7) is 4.00. The van der Waals surface area contributed by atoms with E-state index in [2.05, 4.69) is 27.5 Å². The molecule has 35 heavy (non-hydrogen) atoms. The number of likely N-dealkylation sites (N-methyl/N-ethyl adjacent to an activating group) is 1. The molecule has 1 fully saturated rings. The number of carbonyl (C=O) groups excluding carboxylic acids is 2. The largest absolute Gasteiger partial charge is 0.506 e. The highest BCUT2D eigenvalue weighted by Gasteiger charge is 2.17. The highest BCUT2D eigenvalue weighted by atomic mass is 35.5. The molecular weight excluding hydrogens is 487 g/mol. The van der Waals surface area contributed by atoms with E-state index in [4.69, 9.17) is 11.6 Å². The SMILES string of the molecule is CN1CCCN(c2ccc(C(=O)Nc3c(O)cccc3NC(=O)c3ccc(Cl)cc3)cc2)CC1.Cl. The van der Waals surface area contributed by atoms with Crippen LogP contribution in [0, 0.1) is 0 Å². The fourth-order valence-electron chi connectivity index (χ4n) is 3.89. The van der Waals surface area contributed by atoms with Gasteiger partial charge in [0.15, 0.2) is 0 Å². The van der Waals surface area contributed by atoms with Crippen LogP contribution in [-0.2, 0) is 0 Å². The van der Waals surface area contributed by atoms with Crippen molar-refractivity contribution >= 4 is 52.9 Å². The molecule has 3 aromatic carbocycles. The lowest BCUT2D eigenvalue weighted by atomic mass is 10.1. The Kier molecular flexibility index (Phi) is 8.98. The Bertz CT molecular complexity index is 1170. The normalized spacial score (nSPS) is 13.9. The molecule has 1 aliphatic heterocycles. The number of rotatable bonds is 5. The van der Waals surface area contributed by atoms with E-state index in [0.717, 1.165) is 38.3 Å². The number of halogens is 2. The van der Waals surface area contributed by atoms with Gasteiger partial charge >= 0.3 is 0 Å². The molecule has 0 bridgehead atoms. The zero-order chi connectivity index (χ0) is 24.1. The van der Waals surface area contributed by atoms with E-state index >= 15 is 0 Å². The second-order valence-electron chi connectivity index (χ2n) is 8.31. The maximum absolute atomic E-state index is 12.9. The van der Waals surface area contributed by atoms with E-state index in [9.17, 15) is 14.7 Å². The zero-order valence-corrected chi connectivity index (χ0v) is 20.9. The molecule has 184 valence electrons. The third-order valence-electron chi connectivity index (χ3n) is 5.85. The van der Waals surface area contributed by atoms with Crippen LogP contribution in [0.4, 0.5) is 17.1 Å². The number of nitrogens with one attached hydrogen (secondary N) is 2. The molecule has 9 heteroatoms. The van der Waals surface area contributed by atoms with Crippen LogP contribution in [0.25, 0.3) is 0 Å². The average Bonchev–Trinajstić information content (AvgIpc) is 3.06. The van der Waals surface area contributed by atoms with Crippen molar-refractivity contribution in [2.45, 2.75) is 6.42 Å². The summed E-state index contributed by atoms with van der Waals surface area (Å²) >= 11 is 5.89. The Morgan fingerprint density at radius 3 is 2.14 bits per heavy atom. The Hall–Kier alpha value is -3.26. The predicted molar refractivity (Wildman–Crippen MR) is 143 cm³/mol. The standard InChI is InChI=1S/C26H27ClN4O3.ClH/c1-30-14-3-15-31(17-16-30)21-12-8-19(9-13-21)26(34)29-24-22(4-2-5-23(24)32)28-25(33)18-6-10-20(27)11-7-18;/h2,4-13,32H,3,14-17H2,1H3,(H,28,33)(H,29,34);1H. The molecule has 3 aromatic rings. The molecule has 0 radical (unpaired) electrons. The number of aromatic hydroxyl groups is 1. The van der Waals surface area contributed by atoms with Crippen LogP contribution in [0.1, 0.15) is 27.1 Å². The summed E-state index contributed by atoms with van der Waals surface area (Å²) in [5.74, 6) is -0.914. The maximum atomic E-state index is 12.9. The van der Waals surface area contributed by atoms with Gasteiger partial charge in [-0.3, -0.25) is 9.59 Å². The van der Waals surface area contributed by atoms with Gasteiger partial charge in [0.1, 0.15) is 11.4 Å². The molecule has 1 saturated heterocycles. The number of para-hydroxylation sites is 1. The molecule has 4 rings (SSSR count). The van der Waals surface area contributed by atoms with Crippen molar-refractivity contribution in [3.05, 3.63) is 82.9 Å². The molecule has 0 unspecified atom stereocenters. The van der Waals surface area contributed by atoms with Gasteiger partial charge < -0.3 is 25.5 Å². The smallest absolute Gasteiger partial charge is 0.255 e. The lowest BCUT2D eigenvalue weighted by Gasteiger charge is -2.23. The topological polar surface area (TPSA) is 84.9 Å². The molecule has 0 spiro atoms. The number of benzene rings is 3. The molecular formula is C26H28Cl2N4O3. The van der Waals surface area contributed by atoms with Gasteiger partial charge in [-0.25, -0.2) is 0 Å². The van der Waals surface area contributed by atoms with E-state index in [-0.39, 0.29) is 35.7 Å². The molecule has 0 saturated carbocycles. The van der Waals surface area contributed by atoms with Crippen molar-refractivity contribution in [3.63, 3.8) is 0 Å². The fourth-order valence-corrected chi connectivity index (χ4v) is 4.01. The maximum Gasteiger partial charge on any atom is 0.255 e. The summed E-state index contributed by atoms with van der Waals surface area (Å²) in [6.07, 6.45) is 1.09. The first-order chi connectivity index (χ1) is 16.4. The zero-order valence-electron chi connectivity index (χ0n) is 19.3. The van der Waals surface area contributed by atoms with Crippen LogP contribution < -0.4 is 15.5 Å². The number of carbonyl (C=O) groups is 2. The summed E-state index contributed by atoms with van der Waals surface area (Å²) in [5.41, 5.74) is 2.35. The number of phenols is 1. The van der Waals surface area contributed by atoms with E-state index in [1.54, 1.807) is 48.5 Å². The number of anilines is 3. The molecule has 0 aromatic heterocycles. The number of nitrogens with zero attached hydrogens (tertiary/aromatic N) is 2. The molecule has 1 heterocycles. The summed E-state index contributed by atoms with van der Waals surface area (Å²) in [5, 5.41) is 16.4. The minimum absolute atomic E-state index is 0. The molecule has 2 amide bonds. The van der Waals surface area contributed by atoms with Crippen LogP contribution in [0.15, 0.2) is 66.7 Å². The first kappa shape index (κ1) is 26.3. The monoisotopic (exact) mass is 514 g/mol. The van der Waals surface area contributed by atoms with Crippen molar-refractivity contribution in [2.75, 3.05) is 48.8 Å². The van der Waals surface area contributed by atoms with Crippen molar-refractivity contribution in [3.8, 4) is 5.75 Å². The van der Waals surface area contributed by atoms with Gasteiger partial charge in [-0.15, -0.1) is 12.4 Å². The van der Waals surface area contributed by atoms with Gasteiger partial charge in [0, 0.05) is 41.5 Å². The average molecular weight is 515 g/mol. The van der Waals surface area contributed by atoms with Gasteiger partial charge in [0.25, 0.3) is 11.8 Å². The summed E-state index contributed by atoms with van der Waals surface area (Å²) in [6, 6.07) is 18.5. The van der Waals surface area contributed by atoms with E-state index in [1.807, 2.05) is 12.1 Å². The van der Waals surface area contributed by atoms with Gasteiger partial charge in [0.05, 0.1) is 5.69 Å². The van der Waals surface area contributed by atoms with Gasteiger partial charge in [0.2, 0.25) is 0 Å². The molecule has 7 nitrogen and oxygen atoms in total. The van der Waals surface area contributed by atoms with Gasteiger partial charge in [-0.05, 0) is 80.7 Å². The second kappa shape index (κ2) is 11.9. The van der Waals surface area contributed by atoms with Crippen LogP contribution in [0.3, 0.4) is 0 Å². The minimum atomic E-state index is -0.384. The second-order valence-corrected chi connectivity index (χ2v) is 8.74. The first-order valence-electron chi connectivity index (χ1n) is 11.1. The highest BCUT2D eigenvalue weighted by molar-refractivity contribution is 6.30. The highest BCUT2D eigenvalue weighted by Crippen LogP contribution is 2.32. The Labute approximate surface area is 216 Å². The predicted octanol–water partition coefficient (Wildman–Crippen LogP) is 5.11. The number of hydrogen-bond donors (Lipinski definition) is 3.